The lowest BCUT2D eigenvalue weighted by atomic mass is 10.0. The van der Waals surface area contributed by atoms with Crippen LogP contribution >= 0.6 is 0 Å². The van der Waals surface area contributed by atoms with Gasteiger partial charge in [-0.3, -0.25) is 0 Å². The summed E-state index contributed by atoms with van der Waals surface area (Å²) >= 11 is 0. The highest BCUT2D eigenvalue weighted by atomic mass is 19.3. The molecule has 0 bridgehead atoms. The Morgan fingerprint density at radius 2 is 1.73 bits per heavy atom. The van der Waals surface area contributed by atoms with Crippen LogP contribution in [0.5, 0.6) is 0 Å². The normalized spacial score (nSPS) is 13.1. The molecule has 0 unspecified atom stereocenters. The summed E-state index contributed by atoms with van der Waals surface area (Å²) < 4.78 is 23.9. The van der Waals surface area contributed by atoms with E-state index in [0.29, 0.717) is 0 Å². The Kier molecular flexibility index (Phi) is 3.93. The molecule has 0 amide bonds. The average molecular weight is 165 g/mol. The van der Waals surface area contributed by atoms with Crippen LogP contribution in [-0.4, -0.2) is 18.0 Å². The smallest absolute Gasteiger partial charge is 0.240 e. The van der Waals surface area contributed by atoms with Crippen molar-refractivity contribution in [3.63, 3.8) is 0 Å². The topological polar surface area (TPSA) is 12.0 Å². The van der Waals surface area contributed by atoms with E-state index in [0.717, 1.165) is 0 Å². The van der Waals surface area contributed by atoms with Gasteiger partial charge in [0.2, 0.25) is 6.43 Å². The van der Waals surface area contributed by atoms with Crippen molar-refractivity contribution in [1.29, 1.82) is 0 Å². The summed E-state index contributed by atoms with van der Waals surface area (Å²) in [6.45, 7) is 7.48. The first-order chi connectivity index (χ1) is 4.83. The molecule has 1 N–H and O–H groups in total. The van der Waals surface area contributed by atoms with Gasteiger partial charge in [0.15, 0.2) is 0 Å². The Hall–Kier alpha value is -0.180. The number of alkyl halides is 2. The summed E-state index contributed by atoms with van der Waals surface area (Å²) in [5, 5.41) is 3.07. The lowest BCUT2D eigenvalue weighted by molar-refractivity contribution is 0.0995. The zero-order chi connectivity index (χ0) is 9.07. The zero-order valence-electron chi connectivity index (χ0n) is 7.62. The van der Waals surface area contributed by atoms with Crippen molar-refractivity contribution >= 4 is 0 Å². The summed E-state index contributed by atoms with van der Waals surface area (Å²) in [4.78, 5) is 0. The fourth-order valence-electron chi connectivity index (χ4n) is 1.23. The molecular formula is C8H17F2N. The summed E-state index contributed by atoms with van der Waals surface area (Å²) in [6, 6.07) is 0.253. The molecule has 0 aromatic carbocycles. The van der Waals surface area contributed by atoms with Crippen molar-refractivity contribution in [3.8, 4) is 0 Å². The second-order valence-corrected chi connectivity index (χ2v) is 3.78. The molecule has 0 aromatic heterocycles. The Labute approximate surface area is 67.2 Å². The summed E-state index contributed by atoms with van der Waals surface area (Å²) in [5.74, 6) is 0. The summed E-state index contributed by atoms with van der Waals surface area (Å²) in [6.07, 6.45) is -2.32. The van der Waals surface area contributed by atoms with E-state index in [1.165, 1.54) is 0 Å². The van der Waals surface area contributed by atoms with Crippen LogP contribution in [0.15, 0.2) is 0 Å². The van der Waals surface area contributed by atoms with Crippen molar-refractivity contribution in [2.45, 2.75) is 52.1 Å². The molecule has 68 valence electrons. The Balaban J connectivity index is 3.79. The highest BCUT2D eigenvalue weighted by Crippen LogP contribution is 2.15. The lowest BCUT2D eigenvalue weighted by Crippen LogP contribution is -2.44. The number of hydrogen-bond donors (Lipinski definition) is 1. The van der Waals surface area contributed by atoms with Crippen LogP contribution in [0.4, 0.5) is 8.78 Å². The molecule has 0 atom stereocenters. The van der Waals surface area contributed by atoms with Gasteiger partial charge in [-0.25, -0.2) is 8.78 Å². The molecule has 11 heavy (non-hydrogen) atoms. The van der Waals surface area contributed by atoms with Crippen LogP contribution in [0.1, 0.15) is 34.1 Å². The minimum absolute atomic E-state index is 0.0921. The maximum absolute atomic E-state index is 11.9. The molecule has 0 spiro atoms. The van der Waals surface area contributed by atoms with Crippen molar-refractivity contribution in [2.24, 2.45) is 0 Å². The van der Waals surface area contributed by atoms with E-state index in [1.54, 1.807) is 13.8 Å². The van der Waals surface area contributed by atoms with Crippen molar-refractivity contribution < 1.29 is 8.78 Å². The van der Waals surface area contributed by atoms with Gasteiger partial charge in [0, 0.05) is 18.0 Å². The molecule has 0 saturated carbocycles. The second kappa shape index (κ2) is 4.00. The number of rotatable bonds is 4. The second-order valence-electron chi connectivity index (χ2n) is 3.78. The maximum Gasteiger partial charge on any atom is 0.240 e. The van der Waals surface area contributed by atoms with Crippen molar-refractivity contribution in [3.05, 3.63) is 0 Å². The van der Waals surface area contributed by atoms with E-state index in [2.05, 4.69) is 5.32 Å². The molecule has 1 nitrogen and oxygen atoms in total. The van der Waals surface area contributed by atoms with Gasteiger partial charge in [-0.1, -0.05) is 13.8 Å². The van der Waals surface area contributed by atoms with Crippen LogP contribution < -0.4 is 5.32 Å². The number of nitrogens with one attached hydrogen (secondary N) is 1. The molecule has 0 fully saturated rings. The molecule has 0 heterocycles. The first-order valence-electron chi connectivity index (χ1n) is 3.89. The van der Waals surface area contributed by atoms with Crippen LogP contribution in [0.2, 0.25) is 0 Å². The van der Waals surface area contributed by atoms with Crippen LogP contribution in [-0.2, 0) is 0 Å². The highest BCUT2D eigenvalue weighted by molar-refractivity contribution is 4.79. The van der Waals surface area contributed by atoms with Gasteiger partial charge in [0.25, 0.3) is 0 Å². The average Bonchev–Trinajstić information content (AvgIpc) is 1.53. The first kappa shape index (κ1) is 10.8. The van der Waals surface area contributed by atoms with E-state index < -0.39 is 12.0 Å². The van der Waals surface area contributed by atoms with Gasteiger partial charge in [-0.15, -0.1) is 0 Å². The SMILES string of the molecule is CC(C)NC(C)(C)CC(F)F. The van der Waals surface area contributed by atoms with Crippen LogP contribution in [0, 0.1) is 0 Å². The van der Waals surface area contributed by atoms with Gasteiger partial charge >= 0.3 is 0 Å². The lowest BCUT2D eigenvalue weighted by Gasteiger charge is -2.28. The molecule has 0 saturated heterocycles. The predicted molar refractivity (Wildman–Crippen MR) is 43.0 cm³/mol. The largest absolute Gasteiger partial charge is 0.309 e. The Morgan fingerprint density at radius 1 is 1.27 bits per heavy atom. The number of halogens is 2. The molecule has 0 aliphatic rings. The molecule has 0 aliphatic heterocycles. The first-order valence-corrected chi connectivity index (χ1v) is 3.89. The third kappa shape index (κ3) is 6.23. The fourth-order valence-corrected chi connectivity index (χ4v) is 1.23. The minimum Gasteiger partial charge on any atom is -0.309 e. The fraction of sp³-hybridized carbons (Fsp3) is 1.00. The quantitative estimate of drug-likeness (QED) is 0.674. The maximum atomic E-state index is 11.9. The van der Waals surface area contributed by atoms with Crippen LogP contribution in [0.3, 0.4) is 0 Å². The Bertz CT molecular complexity index is 98.7. The zero-order valence-corrected chi connectivity index (χ0v) is 7.62. The molecule has 0 radical (unpaired) electrons. The molecule has 0 aromatic rings. The van der Waals surface area contributed by atoms with Gasteiger partial charge < -0.3 is 5.32 Å². The van der Waals surface area contributed by atoms with Gasteiger partial charge in [0.1, 0.15) is 0 Å². The van der Waals surface area contributed by atoms with Gasteiger partial charge in [-0.05, 0) is 13.8 Å². The molecule has 0 rings (SSSR count). The van der Waals surface area contributed by atoms with E-state index in [-0.39, 0.29) is 12.5 Å². The molecular weight excluding hydrogens is 148 g/mol. The van der Waals surface area contributed by atoms with E-state index in [1.807, 2.05) is 13.8 Å². The minimum atomic E-state index is -2.23. The van der Waals surface area contributed by atoms with E-state index in [9.17, 15) is 8.78 Å². The standard InChI is InChI=1S/C8H17F2N/c1-6(2)11-8(3,4)5-7(9)10/h6-7,11H,5H2,1-4H3. The highest BCUT2D eigenvalue weighted by Gasteiger charge is 2.22. The Morgan fingerprint density at radius 3 is 2.00 bits per heavy atom. The van der Waals surface area contributed by atoms with E-state index >= 15 is 0 Å². The van der Waals surface area contributed by atoms with E-state index in [4.69, 9.17) is 0 Å². The molecule has 0 aliphatic carbocycles. The monoisotopic (exact) mass is 165 g/mol. The summed E-state index contributed by atoms with van der Waals surface area (Å²) in [5.41, 5.74) is -0.456. The summed E-state index contributed by atoms with van der Waals surface area (Å²) in [7, 11) is 0. The molecule has 3 heteroatoms. The third-order valence-electron chi connectivity index (χ3n) is 1.34. The van der Waals surface area contributed by atoms with Crippen LogP contribution in [0.25, 0.3) is 0 Å². The predicted octanol–water partition coefficient (Wildman–Crippen LogP) is 2.42. The number of hydrogen-bond acceptors (Lipinski definition) is 1. The van der Waals surface area contributed by atoms with Gasteiger partial charge in [-0.2, -0.15) is 0 Å². The van der Waals surface area contributed by atoms with Crippen molar-refractivity contribution in [2.75, 3.05) is 0 Å². The third-order valence-corrected chi connectivity index (χ3v) is 1.34. The van der Waals surface area contributed by atoms with Crippen molar-refractivity contribution in [1.82, 2.24) is 5.32 Å². The van der Waals surface area contributed by atoms with Gasteiger partial charge in [0.05, 0.1) is 0 Å².